The topological polar surface area (TPSA) is 46.9 Å². The van der Waals surface area contributed by atoms with Crippen molar-refractivity contribution in [3.63, 3.8) is 0 Å². The molecule has 1 N–H and O–H groups in total. The van der Waals surface area contributed by atoms with Crippen molar-refractivity contribution in [3.05, 3.63) is 40.7 Å². The minimum absolute atomic E-state index is 0.00668. The van der Waals surface area contributed by atoms with E-state index >= 15 is 0 Å². The smallest absolute Gasteiger partial charge is 0.207 e. The number of fused-ring (bicyclic) bond motifs is 1. The second kappa shape index (κ2) is 4.90. The number of aromatic nitrogens is 2. The van der Waals surface area contributed by atoms with Gasteiger partial charge in [0.25, 0.3) is 0 Å². The zero-order chi connectivity index (χ0) is 12.4. The Kier molecular flexibility index (Phi) is 3.11. The van der Waals surface area contributed by atoms with Gasteiger partial charge < -0.3 is 5.32 Å². The van der Waals surface area contributed by atoms with E-state index in [-0.39, 0.29) is 5.43 Å². The summed E-state index contributed by atoms with van der Waals surface area (Å²) in [4.78, 5) is 11.7. The summed E-state index contributed by atoms with van der Waals surface area (Å²) in [5.41, 5.74) is 0.908. The van der Waals surface area contributed by atoms with E-state index in [9.17, 15) is 4.79 Å². The van der Waals surface area contributed by atoms with E-state index < -0.39 is 0 Å². The van der Waals surface area contributed by atoms with Crippen LogP contribution in [0.25, 0.3) is 10.9 Å². The highest BCUT2D eigenvalue weighted by Gasteiger charge is 2.19. The fraction of sp³-hybridized carbons (Fsp3) is 0.429. The Hall–Kier alpha value is -1.68. The third-order valence-corrected chi connectivity index (χ3v) is 3.39. The monoisotopic (exact) mass is 243 g/mol. The number of para-hydroxylation sites is 1. The van der Waals surface area contributed by atoms with Gasteiger partial charge in [-0.3, -0.25) is 9.48 Å². The van der Waals surface area contributed by atoms with Gasteiger partial charge in [0.1, 0.15) is 0 Å². The maximum absolute atomic E-state index is 11.7. The van der Waals surface area contributed by atoms with E-state index in [1.807, 2.05) is 28.9 Å². The molecule has 0 aliphatic heterocycles. The summed E-state index contributed by atoms with van der Waals surface area (Å²) in [5, 5.41) is 8.38. The SMILES string of the molecule is O=c1cnn(CCNCC2CC2)c2ccccc12. The van der Waals surface area contributed by atoms with E-state index in [4.69, 9.17) is 0 Å². The molecule has 1 aliphatic carbocycles. The zero-order valence-corrected chi connectivity index (χ0v) is 10.3. The Morgan fingerprint density at radius 1 is 1.33 bits per heavy atom. The lowest BCUT2D eigenvalue weighted by atomic mass is 10.2. The summed E-state index contributed by atoms with van der Waals surface area (Å²) in [7, 11) is 0. The normalized spacial score (nSPS) is 15.1. The number of hydrogen-bond donors (Lipinski definition) is 1. The Morgan fingerprint density at radius 3 is 3.00 bits per heavy atom. The molecular formula is C14H17N3O. The van der Waals surface area contributed by atoms with Crippen molar-refractivity contribution in [1.29, 1.82) is 0 Å². The maximum Gasteiger partial charge on any atom is 0.207 e. The van der Waals surface area contributed by atoms with Crippen molar-refractivity contribution >= 4 is 10.9 Å². The molecule has 0 atom stereocenters. The number of nitrogens with zero attached hydrogens (tertiary/aromatic N) is 2. The fourth-order valence-corrected chi connectivity index (χ4v) is 2.15. The molecule has 94 valence electrons. The van der Waals surface area contributed by atoms with Crippen LogP contribution in [0.3, 0.4) is 0 Å². The van der Waals surface area contributed by atoms with E-state index in [0.717, 1.165) is 36.5 Å². The molecule has 0 radical (unpaired) electrons. The molecular weight excluding hydrogens is 226 g/mol. The van der Waals surface area contributed by atoms with Gasteiger partial charge in [-0.2, -0.15) is 5.10 Å². The molecule has 2 aromatic rings. The van der Waals surface area contributed by atoms with Crippen LogP contribution in [0.1, 0.15) is 12.8 Å². The highest BCUT2D eigenvalue weighted by atomic mass is 16.1. The van der Waals surface area contributed by atoms with Gasteiger partial charge in [-0.05, 0) is 37.4 Å². The zero-order valence-electron chi connectivity index (χ0n) is 10.3. The van der Waals surface area contributed by atoms with Crippen LogP contribution in [0.4, 0.5) is 0 Å². The first-order valence-corrected chi connectivity index (χ1v) is 6.50. The average Bonchev–Trinajstić information content (AvgIpc) is 3.21. The molecule has 0 bridgehead atoms. The summed E-state index contributed by atoms with van der Waals surface area (Å²) < 4.78 is 1.90. The lowest BCUT2D eigenvalue weighted by molar-refractivity contribution is 0.547. The van der Waals surface area contributed by atoms with E-state index in [0.29, 0.717) is 0 Å². The quantitative estimate of drug-likeness (QED) is 0.807. The average molecular weight is 243 g/mol. The van der Waals surface area contributed by atoms with Crippen LogP contribution in [0.2, 0.25) is 0 Å². The van der Waals surface area contributed by atoms with Crippen molar-refractivity contribution in [2.45, 2.75) is 19.4 Å². The van der Waals surface area contributed by atoms with Crippen molar-refractivity contribution in [2.24, 2.45) is 5.92 Å². The predicted molar refractivity (Wildman–Crippen MR) is 71.6 cm³/mol. The maximum atomic E-state index is 11.7. The first kappa shape index (κ1) is 11.4. The molecule has 1 aromatic heterocycles. The standard InChI is InChI=1S/C14H17N3O/c18-14-10-16-17(8-7-15-9-11-5-6-11)13-4-2-1-3-12(13)14/h1-4,10-11,15H,5-9H2. The first-order chi connectivity index (χ1) is 8.84. The summed E-state index contributed by atoms with van der Waals surface area (Å²) >= 11 is 0. The molecule has 0 spiro atoms. The minimum Gasteiger partial charge on any atom is -0.315 e. The molecule has 0 unspecified atom stereocenters. The Balaban J connectivity index is 1.74. The molecule has 0 amide bonds. The van der Waals surface area contributed by atoms with E-state index in [2.05, 4.69) is 10.4 Å². The molecule has 1 saturated carbocycles. The highest BCUT2D eigenvalue weighted by molar-refractivity contribution is 5.77. The third-order valence-electron chi connectivity index (χ3n) is 3.39. The molecule has 1 heterocycles. The molecule has 4 heteroatoms. The molecule has 18 heavy (non-hydrogen) atoms. The van der Waals surface area contributed by atoms with Crippen molar-refractivity contribution in [2.75, 3.05) is 13.1 Å². The van der Waals surface area contributed by atoms with Crippen LogP contribution in [-0.2, 0) is 6.54 Å². The van der Waals surface area contributed by atoms with Gasteiger partial charge in [-0.25, -0.2) is 0 Å². The fourth-order valence-electron chi connectivity index (χ4n) is 2.15. The molecule has 1 aromatic carbocycles. The summed E-state index contributed by atoms with van der Waals surface area (Å²) in [5.74, 6) is 0.892. The van der Waals surface area contributed by atoms with E-state index in [1.165, 1.54) is 19.0 Å². The largest absolute Gasteiger partial charge is 0.315 e. The number of rotatable bonds is 5. The summed E-state index contributed by atoms with van der Waals surface area (Å²) in [6.07, 6.45) is 4.14. The third kappa shape index (κ3) is 2.43. The predicted octanol–water partition coefficient (Wildman–Crippen LogP) is 1.40. The van der Waals surface area contributed by atoms with Crippen LogP contribution >= 0.6 is 0 Å². The van der Waals surface area contributed by atoms with Gasteiger partial charge in [-0.1, -0.05) is 12.1 Å². The van der Waals surface area contributed by atoms with Crippen LogP contribution in [0.5, 0.6) is 0 Å². The molecule has 1 aliphatic rings. The first-order valence-electron chi connectivity index (χ1n) is 6.50. The van der Waals surface area contributed by atoms with Crippen LogP contribution < -0.4 is 10.7 Å². The second-order valence-electron chi connectivity index (χ2n) is 4.90. The highest BCUT2D eigenvalue weighted by Crippen LogP contribution is 2.27. The summed E-state index contributed by atoms with van der Waals surface area (Å²) in [6, 6.07) is 7.63. The number of hydrogen-bond acceptors (Lipinski definition) is 3. The van der Waals surface area contributed by atoms with Gasteiger partial charge in [0, 0.05) is 11.9 Å². The van der Waals surface area contributed by atoms with Crippen molar-refractivity contribution in [3.8, 4) is 0 Å². The Morgan fingerprint density at radius 2 is 2.17 bits per heavy atom. The van der Waals surface area contributed by atoms with Crippen LogP contribution in [-0.4, -0.2) is 22.9 Å². The summed E-state index contributed by atoms with van der Waals surface area (Å²) in [6.45, 7) is 2.81. The van der Waals surface area contributed by atoms with Gasteiger partial charge in [-0.15, -0.1) is 0 Å². The molecule has 3 rings (SSSR count). The Bertz CT molecular complexity index is 601. The second-order valence-corrected chi connectivity index (χ2v) is 4.90. The number of nitrogens with one attached hydrogen (secondary N) is 1. The van der Waals surface area contributed by atoms with Crippen molar-refractivity contribution in [1.82, 2.24) is 15.1 Å². The van der Waals surface area contributed by atoms with Crippen LogP contribution in [0, 0.1) is 5.92 Å². The van der Waals surface area contributed by atoms with Gasteiger partial charge >= 0.3 is 0 Å². The van der Waals surface area contributed by atoms with Gasteiger partial charge in [0.15, 0.2) is 0 Å². The van der Waals surface area contributed by atoms with E-state index in [1.54, 1.807) is 0 Å². The lowest BCUT2D eigenvalue weighted by Crippen LogP contribution is -2.24. The number of benzene rings is 1. The van der Waals surface area contributed by atoms with Gasteiger partial charge in [0.05, 0.1) is 18.3 Å². The van der Waals surface area contributed by atoms with Gasteiger partial charge in [0.2, 0.25) is 5.43 Å². The molecule has 4 nitrogen and oxygen atoms in total. The lowest BCUT2D eigenvalue weighted by Gasteiger charge is -2.09. The minimum atomic E-state index is -0.00668. The van der Waals surface area contributed by atoms with Crippen molar-refractivity contribution < 1.29 is 0 Å². The van der Waals surface area contributed by atoms with Crippen LogP contribution in [0.15, 0.2) is 35.3 Å². The molecule has 1 fully saturated rings. The molecule has 0 saturated heterocycles. The Labute approximate surface area is 106 Å².